The van der Waals surface area contributed by atoms with Crippen molar-refractivity contribution >= 4 is 7.60 Å². The molecule has 0 aliphatic rings. The van der Waals surface area contributed by atoms with E-state index in [0.29, 0.717) is 0 Å². The van der Waals surface area contributed by atoms with Gasteiger partial charge in [-0.2, -0.15) is 0 Å². The fourth-order valence-corrected chi connectivity index (χ4v) is 3.46. The second kappa shape index (κ2) is 6.64. The highest BCUT2D eigenvalue weighted by Gasteiger charge is 2.46. The quantitative estimate of drug-likeness (QED) is 0.754. The first-order valence-corrected chi connectivity index (χ1v) is 7.62. The summed E-state index contributed by atoms with van der Waals surface area (Å²) < 4.78 is 22.5. The molecule has 5 nitrogen and oxygen atoms in total. The minimum absolute atomic E-state index is 0.100. The SMILES string of the molecule is COP(=O)(OC)C(C)(CO)N[C@@H](C)c1ccccc1. The molecule has 0 heterocycles. The van der Waals surface area contributed by atoms with E-state index < -0.39 is 12.9 Å². The Morgan fingerprint density at radius 3 is 2.26 bits per heavy atom. The fourth-order valence-electron chi connectivity index (χ4n) is 1.98. The first kappa shape index (κ1) is 16.3. The van der Waals surface area contributed by atoms with Gasteiger partial charge in [0, 0.05) is 20.3 Å². The number of hydrogen-bond acceptors (Lipinski definition) is 5. The maximum absolute atomic E-state index is 12.5. The molecule has 108 valence electrons. The van der Waals surface area contributed by atoms with Gasteiger partial charge in [0.25, 0.3) is 0 Å². The molecule has 0 aromatic heterocycles. The Labute approximate surface area is 114 Å². The lowest BCUT2D eigenvalue weighted by molar-refractivity contribution is 0.166. The van der Waals surface area contributed by atoms with Crippen LogP contribution in [0, 0.1) is 0 Å². The van der Waals surface area contributed by atoms with Crippen LogP contribution in [0.25, 0.3) is 0 Å². The van der Waals surface area contributed by atoms with Crippen LogP contribution in [0.3, 0.4) is 0 Å². The zero-order valence-corrected chi connectivity index (χ0v) is 12.7. The van der Waals surface area contributed by atoms with E-state index >= 15 is 0 Å². The Morgan fingerprint density at radius 1 is 1.32 bits per heavy atom. The molecule has 0 bridgehead atoms. The van der Waals surface area contributed by atoms with Crippen LogP contribution in [-0.4, -0.2) is 31.2 Å². The minimum atomic E-state index is -3.44. The lowest BCUT2D eigenvalue weighted by Gasteiger charge is -2.36. The highest BCUT2D eigenvalue weighted by atomic mass is 31.2. The molecule has 6 heteroatoms. The monoisotopic (exact) mass is 287 g/mol. The van der Waals surface area contributed by atoms with Crippen LogP contribution >= 0.6 is 7.60 Å². The summed E-state index contributed by atoms with van der Waals surface area (Å²) in [5.74, 6) is 0. The van der Waals surface area contributed by atoms with Crippen molar-refractivity contribution in [1.82, 2.24) is 5.32 Å². The highest BCUT2D eigenvalue weighted by Crippen LogP contribution is 2.57. The molecule has 0 spiro atoms. The van der Waals surface area contributed by atoms with E-state index in [4.69, 9.17) is 9.05 Å². The van der Waals surface area contributed by atoms with Crippen LogP contribution in [-0.2, 0) is 13.6 Å². The molecule has 0 radical (unpaired) electrons. The predicted octanol–water partition coefficient (Wildman–Crippen LogP) is 2.53. The third-order valence-electron chi connectivity index (χ3n) is 3.22. The van der Waals surface area contributed by atoms with E-state index in [9.17, 15) is 9.67 Å². The topological polar surface area (TPSA) is 67.8 Å². The van der Waals surface area contributed by atoms with Gasteiger partial charge in [-0.25, -0.2) is 0 Å². The number of rotatable bonds is 7. The van der Waals surface area contributed by atoms with E-state index in [1.807, 2.05) is 37.3 Å². The molecule has 0 aliphatic heterocycles. The second-order valence-electron chi connectivity index (χ2n) is 4.57. The summed E-state index contributed by atoms with van der Waals surface area (Å²) in [7, 11) is -0.814. The number of aliphatic hydroxyl groups excluding tert-OH is 1. The van der Waals surface area contributed by atoms with Gasteiger partial charge in [-0.1, -0.05) is 30.3 Å². The Bertz CT molecular complexity index is 432. The summed E-state index contributed by atoms with van der Waals surface area (Å²) in [5.41, 5.74) is 1.03. The summed E-state index contributed by atoms with van der Waals surface area (Å²) in [6.07, 6.45) is 0. The molecule has 2 N–H and O–H groups in total. The van der Waals surface area contributed by atoms with Gasteiger partial charge in [0.2, 0.25) is 0 Å². The molecule has 0 aliphatic carbocycles. The average molecular weight is 287 g/mol. The molecule has 0 amide bonds. The van der Waals surface area contributed by atoms with Gasteiger partial charge in [-0.3, -0.25) is 9.88 Å². The van der Waals surface area contributed by atoms with E-state index in [2.05, 4.69) is 5.32 Å². The van der Waals surface area contributed by atoms with E-state index in [-0.39, 0.29) is 12.6 Å². The lowest BCUT2D eigenvalue weighted by atomic mass is 10.1. The molecule has 0 saturated heterocycles. The molecule has 1 unspecified atom stereocenters. The minimum Gasteiger partial charge on any atom is -0.394 e. The Kier molecular flexibility index (Phi) is 5.71. The molecule has 1 rings (SSSR count). The van der Waals surface area contributed by atoms with Crippen LogP contribution in [0.1, 0.15) is 25.5 Å². The summed E-state index contributed by atoms with van der Waals surface area (Å²) >= 11 is 0. The zero-order valence-electron chi connectivity index (χ0n) is 11.8. The largest absolute Gasteiger partial charge is 0.394 e. The van der Waals surface area contributed by atoms with Gasteiger partial charge < -0.3 is 14.2 Å². The smallest absolute Gasteiger partial charge is 0.352 e. The Morgan fingerprint density at radius 2 is 1.84 bits per heavy atom. The molecule has 1 aromatic carbocycles. The third-order valence-corrected chi connectivity index (χ3v) is 5.66. The maximum atomic E-state index is 12.5. The number of benzene rings is 1. The number of aliphatic hydroxyl groups is 1. The predicted molar refractivity (Wildman–Crippen MR) is 75.1 cm³/mol. The van der Waals surface area contributed by atoms with E-state index in [1.54, 1.807) is 6.92 Å². The van der Waals surface area contributed by atoms with Crippen LogP contribution in [0.2, 0.25) is 0 Å². The zero-order chi connectivity index (χ0) is 14.5. The fraction of sp³-hybridized carbons (Fsp3) is 0.538. The molecule has 19 heavy (non-hydrogen) atoms. The summed E-state index contributed by atoms with van der Waals surface area (Å²) in [5, 5.41) is 11.6. The molecule has 0 fully saturated rings. The van der Waals surface area contributed by atoms with Gasteiger partial charge in [0.1, 0.15) is 5.28 Å². The average Bonchev–Trinajstić information content (AvgIpc) is 2.46. The van der Waals surface area contributed by atoms with Gasteiger partial charge in [-0.15, -0.1) is 0 Å². The molecule has 0 saturated carbocycles. The van der Waals surface area contributed by atoms with Crippen molar-refractivity contribution in [2.45, 2.75) is 25.2 Å². The molecule has 1 aromatic rings. The third kappa shape index (κ3) is 3.44. The Balaban J connectivity index is 2.96. The van der Waals surface area contributed by atoms with Crippen LogP contribution in [0.15, 0.2) is 30.3 Å². The van der Waals surface area contributed by atoms with Gasteiger partial charge in [0.15, 0.2) is 0 Å². The van der Waals surface area contributed by atoms with Gasteiger partial charge in [0.05, 0.1) is 6.61 Å². The van der Waals surface area contributed by atoms with Crippen molar-refractivity contribution in [2.24, 2.45) is 0 Å². The number of hydrogen-bond donors (Lipinski definition) is 2. The van der Waals surface area contributed by atoms with Crippen LogP contribution in [0.5, 0.6) is 0 Å². The Hall–Kier alpha value is -0.710. The van der Waals surface area contributed by atoms with E-state index in [1.165, 1.54) is 14.2 Å². The molecule has 2 atom stereocenters. The summed E-state index contributed by atoms with van der Waals surface area (Å²) in [6.45, 7) is 3.20. The second-order valence-corrected chi connectivity index (χ2v) is 7.28. The first-order chi connectivity index (χ1) is 8.92. The van der Waals surface area contributed by atoms with Crippen LogP contribution < -0.4 is 5.32 Å². The summed E-state index contributed by atoms with van der Waals surface area (Å²) in [6, 6.07) is 9.60. The van der Waals surface area contributed by atoms with Gasteiger partial charge >= 0.3 is 7.60 Å². The first-order valence-electron chi connectivity index (χ1n) is 6.07. The molecular formula is C13H22NO4P. The van der Waals surface area contributed by atoms with Crippen molar-refractivity contribution in [2.75, 3.05) is 20.8 Å². The standard InChI is InChI=1S/C13H22NO4P/c1-11(12-8-6-5-7-9-12)14-13(2,10-15)19(16,17-3)18-4/h5-9,11,14-15H,10H2,1-4H3/t11-,13?/m0/s1. The van der Waals surface area contributed by atoms with Crippen molar-refractivity contribution in [3.05, 3.63) is 35.9 Å². The van der Waals surface area contributed by atoms with Crippen molar-refractivity contribution < 1.29 is 18.7 Å². The van der Waals surface area contributed by atoms with E-state index in [0.717, 1.165) is 5.56 Å². The maximum Gasteiger partial charge on any atom is 0.352 e. The van der Waals surface area contributed by atoms with Crippen molar-refractivity contribution in [1.29, 1.82) is 0 Å². The highest BCUT2D eigenvalue weighted by molar-refractivity contribution is 7.55. The number of nitrogens with one attached hydrogen (secondary N) is 1. The van der Waals surface area contributed by atoms with Crippen molar-refractivity contribution in [3.8, 4) is 0 Å². The molecular weight excluding hydrogens is 265 g/mol. The lowest BCUT2D eigenvalue weighted by Crippen LogP contribution is -2.47. The van der Waals surface area contributed by atoms with Gasteiger partial charge in [-0.05, 0) is 19.4 Å². The van der Waals surface area contributed by atoms with Crippen molar-refractivity contribution in [3.63, 3.8) is 0 Å². The normalized spacial score (nSPS) is 16.9. The summed E-state index contributed by atoms with van der Waals surface area (Å²) in [4.78, 5) is 0. The van der Waals surface area contributed by atoms with Crippen LogP contribution in [0.4, 0.5) is 0 Å².